The monoisotopic (exact) mass is 393 g/mol. The fraction of sp³-hybridized carbons (Fsp3) is 0.588. The molecule has 2 fully saturated rings. The van der Waals surface area contributed by atoms with E-state index in [0.717, 1.165) is 49.1 Å². The second-order valence-corrected chi connectivity index (χ2v) is 6.79. The number of carbonyl (C=O) groups excluding carboxylic acids is 1. The summed E-state index contributed by atoms with van der Waals surface area (Å²) in [6, 6.07) is 8.12. The van der Waals surface area contributed by atoms with E-state index in [1.54, 1.807) is 0 Å². The predicted molar refractivity (Wildman–Crippen MR) is 105 cm³/mol. The van der Waals surface area contributed by atoms with Crippen molar-refractivity contribution < 1.29 is 4.79 Å². The Hall–Kier alpha value is -0.680. The van der Waals surface area contributed by atoms with Gasteiger partial charge in [0.25, 0.3) is 0 Å². The maximum absolute atomic E-state index is 12.0. The number of amides is 1. The quantitative estimate of drug-likeness (QED) is 0.778. The van der Waals surface area contributed by atoms with Crippen LogP contribution in [0.1, 0.15) is 25.7 Å². The molecule has 1 saturated carbocycles. The Balaban J connectivity index is 0.00000144. The largest absolute Gasteiger partial charge is 0.368 e. The van der Waals surface area contributed by atoms with Gasteiger partial charge in [0.2, 0.25) is 5.91 Å². The fourth-order valence-electron chi connectivity index (χ4n) is 3.01. The molecule has 1 atom stereocenters. The molecule has 3 rings (SSSR count). The van der Waals surface area contributed by atoms with Gasteiger partial charge in [0.15, 0.2) is 0 Å². The molecule has 1 aliphatic carbocycles. The van der Waals surface area contributed by atoms with Crippen molar-refractivity contribution in [2.45, 2.75) is 31.7 Å². The van der Waals surface area contributed by atoms with Crippen molar-refractivity contribution >= 4 is 48.0 Å². The summed E-state index contributed by atoms with van der Waals surface area (Å²) in [6.07, 6.45) is 4.73. The number of nitrogens with one attached hydrogen (secondary N) is 2. The Bertz CT molecular complexity index is 526. The Morgan fingerprint density at radius 1 is 1.21 bits per heavy atom. The van der Waals surface area contributed by atoms with E-state index in [2.05, 4.69) is 15.5 Å². The normalized spacial score (nSPS) is 19.9. The highest BCUT2D eigenvalue weighted by molar-refractivity contribution is 6.33. The van der Waals surface area contributed by atoms with Gasteiger partial charge in [-0.2, -0.15) is 0 Å². The number of para-hydroxylation sites is 1. The van der Waals surface area contributed by atoms with Crippen LogP contribution in [0.2, 0.25) is 5.02 Å². The molecule has 1 saturated heterocycles. The minimum absolute atomic E-state index is 0. The Labute approximate surface area is 161 Å². The summed E-state index contributed by atoms with van der Waals surface area (Å²) in [4.78, 5) is 14.3. The van der Waals surface area contributed by atoms with Crippen LogP contribution in [-0.2, 0) is 4.79 Å². The first-order valence-corrected chi connectivity index (χ1v) is 8.60. The van der Waals surface area contributed by atoms with E-state index in [1.165, 1.54) is 12.8 Å². The number of piperidine rings is 1. The van der Waals surface area contributed by atoms with Crippen LogP contribution >= 0.6 is 36.4 Å². The van der Waals surface area contributed by atoms with E-state index in [0.29, 0.717) is 6.54 Å². The van der Waals surface area contributed by atoms with Gasteiger partial charge in [-0.25, -0.2) is 0 Å². The molecule has 1 aliphatic heterocycles. The van der Waals surface area contributed by atoms with E-state index in [-0.39, 0.29) is 36.8 Å². The van der Waals surface area contributed by atoms with Gasteiger partial charge in [-0.3, -0.25) is 4.79 Å². The molecule has 1 aromatic carbocycles. The molecule has 24 heavy (non-hydrogen) atoms. The van der Waals surface area contributed by atoms with E-state index in [1.807, 2.05) is 24.3 Å². The number of nitrogens with zero attached hydrogens (tertiary/aromatic N) is 1. The van der Waals surface area contributed by atoms with Crippen molar-refractivity contribution in [2.24, 2.45) is 5.92 Å². The molecule has 2 aliphatic rings. The predicted octanol–water partition coefficient (Wildman–Crippen LogP) is 3.27. The maximum Gasteiger partial charge on any atom is 0.234 e. The minimum atomic E-state index is 0. The molecule has 1 aromatic rings. The van der Waals surface area contributed by atoms with Crippen LogP contribution in [0.3, 0.4) is 0 Å². The second-order valence-electron chi connectivity index (χ2n) is 6.38. The molecule has 136 valence electrons. The van der Waals surface area contributed by atoms with Gasteiger partial charge in [0.1, 0.15) is 0 Å². The first-order chi connectivity index (χ1) is 10.7. The third-order valence-electron chi connectivity index (χ3n) is 4.40. The molecule has 7 heteroatoms. The summed E-state index contributed by atoms with van der Waals surface area (Å²) in [5.41, 5.74) is 1.06. The molecule has 1 heterocycles. The highest BCUT2D eigenvalue weighted by Crippen LogP contribution is 2.28. The van der Waals surface area contributed by atoms with Crippen LogP contribution in [0.15, 0.2) is 24.3 Å². The van der Waals surface area contributed by atoms with E-state index in [4.69, 9.17) is 11.6 Å². The molecule has 0 aromatic heterocycles. The van der Waals surface area contributed by atoms with Crippen molar-refractivity contribution in [1.82, 2.24) is 10.6 Å². The van der Waals surface area contributed by atoms with Crippen LogP contribution in [0.25, 0.3) is 0 Å². The second kappa shape index (κ2) is 10.3. The van der Waals surface area contributed by atoms with E-state index in [9.17, 15) is 4.79 Å². The van der Waals surface area contributed by atoms with Crippen LogP contribution in [0.5, 0.6) is 0 Å². The van der Waals surface area contributed by atoms with Crippen molar-refractivity contribution in [3.8, 4) is 0 Å². The standard InChI is InChI=1S/C17H24ClN3O.2ClH/c18-15-5-1-2-6-16(15)21-9-3-4-14(12-21)20-17(22)11-19-10-13-7-8-13;;/h1-2,5-6,13-14,19H,3-4,7-12H2,(H,20,22);2*1H. The van der Waals surface area contributed by atoms with Crippen LogP contribution in [0.4, 0.5) is 5.69 Å². The molecule has 0 spiro atoms. The summed E-state index contributed by atoms with van der Waals surface area (Å²) in [7, 11) is 0. The lowest BCUT2D eigenvalue weighted by Gasteiger charge is -2.35. The summed E-state index contributed by atoms with van der Waals surface area (Å²) < 4.78 is 0. The zero-order valence-electron chi connectivity index (χ0n) is 13.7. The lowest BCUT2D eigenvalue weighted by atomic mass is 10.0. The van der Waals surface area contributed by atoms with Gasteiger partial charge in [-0.1, -0.05) is 23.7 Å². The number of halogens is 3. The zero-order chi connectivity index (χ0) is 15.4. The third-order valence-corrected chi connectivity index (χ3v) is 4.71. The lowest BCUT2D eigenvalue weighted by Crippen LogP contribution is -2.49. The molecular formula is C17H26Cl3N3O. The van der Waals surface area contributed by atoms with Crippen molar-refractivity contribution in [1.29, 1.82) is 0 Å². The fourth-order valence-corrected chi connectivity index (χ4v) is 3.27. The number of anilines is 1. The summed E-state index contributed by atoms with van der Waals surface area (Å²) >= 11 is 6.28. The number of carbonyl (C=O) groups is 1. The average Bonchev–Trinajstić information content (AvgIpc) is 3.32. The molecule has 4 nitrogen and oxygen atoms in total. The molecule has 2 N–H and O–H groups in total. The Morgan fingerprint density at radius 2 is 1.96 bits per heavy atom. The van der Waals surface area contributed by atoms with Crippen molar-refractivity contribution in [3.63, 3.8) is 0 Å². The zero-order valence-corrected chi connectivity index (χ0v) is 16.1. The van der Waals surface area contributed by atoms with Gasteiger partial charge < -0.3 is 15.5 Å². The number of hydrogen-bond donors (Lipinski definition) is 2. The maximum atomic E-state index is 12.0. The number of hydrogen-bond acceptors (Lipinski definition) is 3. The van der Waals surface area contributed by atoms with Crippen molar-refractivity contribution in [3.05, 3.63) is 29.3 Å². The van der Waals surface area contributed by atoms with Crippen LogP contribution < -0.4 is 15.5 Å². The summed E-state index contributed by atoms with van der Waals surface area (Å²) in [6.45, 7) is 3.23. The van der Waals surface area contributed by atoms with Gasteiger partial charge >= 0.3 is 0 Å². The van der Waals surface area contributed by atoms with E-state index >= 15 is 0 Å². The van der Waals surface area contributed by atoms with E-state index < -0.39 is 0 Å². The highest BCUT2D eigenvalue weighted by atomic mass is 35.5. The van der Waals surface area contributed by atoms with Gasteiger partial charge in [-0.05, 0) is 50.3 Å². The third kappa shape index (κ3) is 6.32. The van der Waals surface area contributed by atoms with Crippen molar-refractivity contribution in [2.75, 3.05) is 31.1 Å². The van der Waals surface area contributed by atoms with Gasteiger partial charge in [0, 0.05) is 19.1 Å². The molecule has 1 amide bonds. The molecular weight excluding hydrogens is 369 g/mol. The molecule has 1 unspecified atom stereocenters. The Morgan fingerprint density at radius 3 is 2.67 bits per heavy atom. The summed E-state index contributed by atoms with van der Waals surface area (Å²) in [5, 5.41) is 7.17. The number of rotatable bonds is 6. The lowest BCUT2D eigenvalue weighted by molar-refractivity contribution is -0.121. The highest BCUT2D eigenvalue weighted by Gasteiger charge is 2.23. The molecule has 0 bridgehead atoms. The average molecular weight is 395 g/mol. The van der Waals surface area contributed by atoms with Gasteiger partial charge in [-0.15, -0.1) is 24.8 Å². The summed E-state index contributed by atoms with van der Waals surface area (Å²) in [5.74, 6) is 0.907. The minimum Gasteiger partial charge on any atom is -0.368 e. The first-order valence-electron chi connectivity index (χ1n) is 8.22. The smallest absolute Gasteiger partial charge is 0.234 e. The molecule has 0 radical (unpaired) electrons. The SMILES string of the molecule is Cl.Cl.O=C(CNCC1CC1)NC1CCCN(c2ccccc2Cl)C1. The number of benzene rings is 1. The van der Waals surface area contributed by atoms with Crippen LogP contribution in [0, 0.1) is 5.92 Å². The van der Waals surface area contributed by atoms with Crippen LogP contribution in [-0.4, -0.2) is 38.1 Å². The Kier molecular flexibility index (Phi) is 9.21. The van der Waals surface area contributed by atoms with Gasteiger partial charge in [0.05, 0.1) is 17.3 Å². The first kappa shape index (κ1) is 21.4. The topological polar surface area (TPSA) is 44.4 Å².